The summed E-state index contributed by atoms with van der Waals surface area (Å²) in [5.41, 5.74) is 1.60. The van der Waals surface area contributed by atoms with Gasteiger partial charge < -0.3 is 5.32 Å². The molecule has 0 fully saturated rings. The van der Waals surface area contributed by atoms with Crippen molar-refractivity contribution in [1.82, 2.24) is 9.97 Å². The lowest BCUT2D eigenvalue weighted by molar-refractivity contribution is 0.833. The fraction of sp³-hybridized carbons (Fsp3) is 0.286. The Balaban J connectivity index is 2.37. The lowest BCUT2D eigenvalue weighted by Crippen LogP contribution is -2.04. The Kier molecular flexibility index (Phi) is 5.24. The average Bonchev–Trinajstić information content (AvgIpc) is 2.39. The summed E-state index contributed by atoms with van der Waals surface area (Å²) >= 11 is 15.7. The van der Waals surface area contributed by atoms with Crippen LogP contribution in [0.2, 0.25) is 10.2 Å². The summed E-state index contributed by atoms with van der Waals surface area (Å²) in [5.74, 6) is 1.43. The van der Waals surface area contributed by atoms with Crippen molar-refractivity contribution in [2.45, 2.75) is 26.7 Å². The van der Waals surface area contributed by atoms with E-state index in [2.05, 4.69) is 38.1 Å². The first-order valence-electron chi connectivity index (χ1n) is 6.26. The number of hydrogen-bond donors (Lipinski definition) is 1. The molecule has 0 radical (unpaired) electrons. The molecule has 0 unspecified atom stereocenters. The smallest absolute Gasteiger partial charge is 0.138 e. The predicted molar refractivity (Wildman–Crippen MR) is 88.2 cm³/mol. The van der Waals surface area contributed by atoms with Gasteiger partial charge in [0.2, 0.25) is 0 Å². The van der Waals surface area contributed by atoms with Crippen LogP contribution in [-0.2, 0) is 6.42 Å². The van der Waals surface area contributed by atoms with E-state index in [4.69, 9.17) is 23.2 Å². The number of nitrogens with zero attached hydrogens (tertiary/aromatic N) is 2. The van der Waals surface area contributed by atoms with Crippen molar-refractivity contribution in [3.05, 3.63) is 44.2 Å². The highest BCUT2D eigenvalue weighted by atomic mass is 79.9. The Labute approximate surface area is 136 Å². The molecule has 6 heteroatoms. The molecule has 0 spiro atoms. The minimum Gasteiger partial charge on any atom is -0.339 e. The maximum atomic E-state index is 6.20. The van der Waals surface area contributed by atoms with Gasteiger partial charge in [0, 0.05) is 16.5 Å². The highest BCUT2D eigenvalue weighted by molar-refractivity contribution is 9.10. The topological polar surface area (TPSA) is 37.8 Å². The van der Waals surface area contributed by atoms with Crippen LogP contribution in [0.5, 0.6) is 0 Å². The molecule has 0 bridgehead atoms. The SMILES string of the molecule is CCCc1nc(Cl)c(C)c(Nc2ccc(Br)cc2Cl)n1. The number of rotatable bonds is 4. The molecular formula is C14H14BrCl2N3. The zero-order valence-corrected chi connectivity index (χ0v) is 14.3. The van der Waals surface area contributed by atoms with Crippen LogP contribution in [0.25, 0.3) is 0 Å². The van der Waals surface area contributed by atoms with E-state index in [0.29, 0.717) is 16.0 Å². The zero-order chi connectivity index (χ0) is 14.7. The Morgan fingerprint density at radius 3 is 2.65 bits per heavy atom. The molecule has 106 valence electrons. The number of nitrogens with one attached hydrogen (secondary N) is 1. The molecule has 1 heterocycles. The van der Waals surface area contributed by atoms with E-state index < -0.39 is 0 Å². The van der Waals surface area contributed by atoms with Gasteiger partial charge in [-0.15, -0.1) is 0 Å². The summed E-state index contributed by atoms with van der Waals surface area (Å²) in [7, 11) is 0. The van der Waals surface area contributed by atoms with Crippen molar-refractivity contribution in [2.75, 3.05) is 5.32 Å². The molecule has 1 aromatic carbocycles. The van der Waals surface area contributed by atoms with Crippen LogP contribution >= 0.6 is 39.1 Å². The third-order valence-corrected chi connectivity index (χ3v) is 3.96. The maximum Gasteiger partial charge on any atom is 0.138 e. The summed E-state index contributed by atoms with van der Waals surface area (Å²) in [4.78, 5) is 8.78. The molecule has 2 aromatic rings. The molecule has 0 saturated heterocycles. The Morgan fingerprint density at radius 2 is 2.00 bits per heavy atom. The van der Waals surface area contributed by atoms with Crippen molar-refractivity contribution >= 4 is 50.6 Å². The highest BCUT2D eigenvalue weighted by Gasteiger charge is 2.11. The molecule has 1 aromatic heterocycles. The largest absolute Gasteiger partial charge is 0.339 e. The van der Waals surface area contributed by atoms with Gasteiger partial charge in [-0.3, -0.25) is 0 Å². The number of aromatic nitrogens is 2. The molecule has 0 saturated carbocycles. The fourth-order valence-corrected chi connectivity index (χ4v) is 2.62. The molecule has 0 aliphatic heterocycles. The minimum atomic E-state index is 0.471. The van der Waals surface area contributed by atoms with Gasteiger partial charge in [-0.2, -0.15) is 0 Å². The van der Waals surface area contributed by atoms with Crippen LogP contribution in [0.4, 0.5) is 11.5 Å². The van der Waals surface area contributed by atoms with Crippen molar-refractivity contribution < 1.29 is 0 Å². The molecule has 3 nitrogen and oxygen atoms in total. The van der Waals surface area contributed by atoms with Crippen LogP contribution in [-0.4, -0.2) is 9.97 Å². The van der Waals surface area contributed by atoms with Crippen LogP contribution in [0.1, 0.15) is 24.7 Å². The van der Waals surface area contributed by atoms with E-state index in [1.807, 2.05) is 25.1 Å². The molecule has 1 N–H and O–H groups in total. The Hall–Kier alpha value is -0.840. The van der Waals surface area contributed by atoms with Gasteiger partial charge in [-0.25, -0.2) is 9.97 Å². The first-order chi connectivity index (χ1) is 9.51. The standard InChI is InChI=1S/C14H14BrCl2N3/c1-3-4-12-19-13(17)8(2)14(20-12)18-11-6-5-9(15)7-10(11)16/h5-7H,3-4H2,1-2H3,(H,18,19,20). The number of hydrogen-bond acceptors (Lipinski definition) is 3. The van der Waals surface area contributed by atoms with E-state index in [1.165, 1.54) is 0 Å². The second-order valence-electron chi connectivity index (χ2n) is 4.40. The fourth-order valence-electron chi connectivity index (χ4n) is 1.71. The quantitative estimate of drug-likeness (QED) is 0.712. The average molecular weight is 375 g/mol. The summed E-state index contributed by atoms with van der Waals surface area (Å²) in [6, 6.07) is 5.63. The van der Waals surface area contributed by atoms with Crippen molar-refractivity contribution in [3.63, 3.8) is 0 Å². The first kappa shape index (κ1) is 15.5. The molecule has 2 rings (SSSR count). The van der Waals surface area contributed by atoms with Crippen LogP contribution < -0.4 is 5.32 Å². The summed E-state index contributed by atoms with van der Waals surface area (Å²) in [6.07, 6.45) is 1.76. The van der Waals surface area contributed by atoms with E-state index >= 15 is 0 Å². The van der Waals surface area contributed by atoms with Crippen molar-refractivity contribution in [1.29, 1.82) is 0 Å². The van der Waals surface area contributed by atoms with Gasteiger partial charge in [0.1, 0.15) is 16.8 Å². The van der Waals surface area contributed by atoms with E-state index in [-0.39, 0.29) is 0 Å². The monoisotopic (exact) mass is 373 g/mol. The molecule has 0 aliphatic carbocycles. The second-order valence-corrected chi connectivity index (χ2v) is 6.08. The summed E-state index contributed by atoms with van der Waals surface area (Å²) in [6.45, 7) is 3.96. The van der Waals surface area contributed by atoms with Gasteiger partial charge >= 0.3 is 0 Å². The summed E-state index contributed by atoms with van der Waals surface area (Å²) < 4.78 is 0.928. The Bertz CT molecular complexity index is 632. The molecule has 20 heavy (non-hydrogen) atoms. The normalized spacial score (nSPS) is 10.7. The van der Waals surface area contributed by atoms with Gasteiger partial charge in [0.05, 0.1) is 10.7 Å². The number of benzene rings is 1. The van der Waals surface area contributed by atoms with E-state index in [1.54, 1.807) is 0 Å². The number of aryl methyl sites for hydroxylation is 1. The van der Waals surface area contributed by atoms with Crippen molar-refractivity contribution in [3.8, 4) is 0 Å². The predicted octanol–water partition coefficient (Wildman–Crippen LogP) is 5.55. The van der Waals surface area contributed by atoms with Gasteiger partial charge in [0.15, 0.2) is 0 Å². The second kappa shape index (κ2) is 6.74. The number of halogens is 3. The van der Waals surface area contributed by atoms with Gasteiger partial charge in [0.25, 0.3) is 0 Å². The summed E-state index contributed by atoms with van der Waals surface area (Å²) in [5, 5.41) is 4.31. The third kappa shape index (κ3) is 3.62. The third-order valence-electron chi connectivity index (χ3n) is 2.79. The van der Waals surface area contributed by atoms with Gasteiger partial charge in [-0.05, 0) is 31.5 Å². The minimum absolute atomic E-state index is 0.471. The van der Waals surface area contributed by atoms with Crippen LogP contribution in [0.3, 0.4) is 0 Å². The van der Waals surface area contributed by atoms with E-state index in [9.17, 15) is 0 Å². The molecular weight excluding hydrogens is 361 g/mol. The first-order valence-corrected chi connectivity index (χ1v) is 7.81. The highest BCUT2D eigenvalue weighted by Crippen LogP contribution is 2.30. The number of anilines is 2. The van der Waals surface area contributed by atoms with Gasteiger partial charge in [-0.1, -0.05) is 46.1 Å². The lowest BCUT2D eigenvalue weighted by Gasteiger charge is -2.12. The van der Waals surface area contributed by atoms with Crippen molar-refractivity contribution in [2.24, 2.45) is 0 Å². The molecule has 0 atom stereocenters. The lowest BCUT2D eigenvalue weighted by atomic mass is 10.2. The Morgan fingerprint density at radius 1 is 1.25 bits per heavy atom. The van der Waals surface area contributed by atoms with Crippen LogP contribution in [0.15, 0.2) is 22.7 Å². The zero-order valence-electron chi connectivity index (χ0n) is 11.2. The molecule has 0 amide bonds. The van der Waals surface area contributed by atoms with Crippen LogP contribution in [0, 0.1) is 6.92 Å². The van der Waals surface area contributed by atoms with E-state index in [0.717, 1.165) is 34.4 Å². The molecule has 0 aliphatic rings. The maximum absolute atomic E-state index is 6.20.